The number of amides is 1. The van der Waals surface area contributed by atoms with Crippen molar-refractivity contribution in [2.45, 2.75) is 26.1 Å². The molecular formula is C17H18N2O4S. The number of hydrogen-bond donors (Lipinski definition) is 0. The van der Waals surface area contributed by atoms with E-state index >= 15 is 0 Å². The van der Waals surface area contributed by atoms with Gasteiger partial charge in [-0.05, 0) is 32.0 Å². The molecule has 1 fully saturated rings. The summed E-state index contributed by atoms with van der Waals surface area (Å²) in [4.78, 5) is 19.0. The van der Waals surface area contributed by atoms with E-state index in [9.17, 15) is 4.79 Å². The van der Waals surface area contributed by atoms with Crippen molar-refractivity contribution in [3.8, 4) is 22.1 Å². The smallest absolute Gasteiger partial charge is 0.273 e. The quantitative estimate of drug-likeness (QED) is 0.837. The summed E-state index contributed by atoms with van der Waals surface area (Å²) in [6, 6.07) is 5.69. The fourth-order valence-corrected chi connectivity index (χ4v) is 3.83. The van der Waals surface area contributed by atoms with Gasteiger partial charge in [-0.25, -0.2) is 4.98 Å². The zero-order valence-corrected chi connectivity index (χ0v) is 14.3. The molecule has 1 aromatic heterocycles. The van der Waals surface area contributed by atoms with Crippen LogP contribution in [0, 0.1) is 0 Å². The third-order valence-corrected chi connectivity index (χ3v) is 4.94. The van der Waals surface area contributed by atoms with E-state index in [0.29, 0.717) is 24.5 Å². The minimum atomic E-state index is -0.0414. The third kappa shape index (κ3) is 2.85. The minimum absolute atomic E-state index is 0.0414. The van der Waals surface area contributed by atoms with Gasteiger partial charge in [-0.3, -0.25) is 4.79 Å². The van der Waals surface area contributed by atoms with Gasteiger partial charge in [-0.1, -0.05) is 0 Å². The number of aromatic nitrogens is 1. The normalized spacial score (nSPS) is 22.7. The molecule has 24 heavy (non-hydrogen) atoms. The van der Waals surface area contributed by atoms with Crippen LogP contribution in [0.15, 0.2) is 23.6 Å². The van der Waals surface area contributed by atoms with E-state index in [4.69, 9.17) is 14.2 Å². The monoisotopic (exact) mass is 346 g/mol. The molecule has 1 amide bonds. The third-order valence-electron chi connectivity index (χ3n) is 4.05. The first-order valence-corrected chi connectivity index (χ1v) is 8.78. The van der Waals surface area contributed by atoms with E-state index < -0.39 is 0 Å². The lowest BCUT2D eigenvalue weighted by molar-refractivity contribution is -0.0587. The van der Waals surface area contributed by atoms with E-state index in [1.807, 2.05) is 42.3 Å². The standard InChI is InChI=1S/C17H18N2O4S/c1-10-6-19(7-11(2)23-10)17(20)13-8-24-16(18-13)12-3-4-14-15(5-12)22-9-21-14/h3-5,8,10-11H,6-7,9H2,1-2H3. The highest BCUT2D eigenvalue weighted by Crippen LogP contribution is 2.36. The lowest BCUT2D eigenvalue weighted by Crippen LogP contribution is -2.48. The second-order valence-electron chi connectivity index (χ2n) is 6.07. The number of carbonyl (C=O) groups is 1. The number of carbonyl (C=O) groups excluding carboxylic acids is 1. The number of ether oxygens (including phenoxy) is 3. The molecule has 0 bridgehead atoms. The number of hydrogen-bond acceptors (Lipinski definition) is 6. The zero-order valence-electron chi connectivity index (χ0n) is 13.5. The van der Waals surface area contributed by atoms with Gasteiger partial charge in [-0.15, -0.1) is 11.3 Å². The number of thiazole rings is 1. The average molecular weight is 346 g/mol. The topological polar surface area (TPSA) is 60.9 Å². The average Bonchev–Trinajstić information content (AvgIpc) is 3.21. The van der Waals surface area contributed by atoms with Gasteiger partial charge in [0, 0.05) is 24.0 Å². The largest absolute Gasteiger partial charge is 0.454 e. The molecule has 1 aromatic carbocycles. The molecule has 126 valence electrons. The lowest BCUT2D eigenvalue weighted by Gasteiger charge is -2.34. The molecule has 2 atom stereocenters. The van der Waals surface area contributed by atoms with Crippen molar-refractivity contribution in [2.75, 3.05) is 19.9 Å². The molecule has 0 N–H and O–H groups in total. The fraction of sp³-hybridized carbons (Fsp3) is 0.412. The highest BCUT2D eigenvalue weighted by atomic mass is 32.1. The molecule has 4 rings (SSSR count). The van der Waals surface area contributed by atoms with Crippen LogP contribution >= 0.6 is 11.3 Å². The van der Waals surface area contributed by atoms with Crippen molar-refractivity contribution in [1.82, 2.24) is 9.88 Å². The van der Waals surface area contributed by atoms with Crippen LogP contribution in [0.3, 0.4) is 0 Å². The van der Waals surface area contributed by atoms with Crippen LogP contribution in [0.2, 0.25) is 0 Å². The second kappa shape index (κ2) is 6.07. The van der Waals surface area contributed by atoms with Gasteiger partial charge in [-0.2, -0.15) is 0 Å². The van der Waals surface area contributed by atoms with Crippen LogP contribution in [0.5, 0.6) is 11.5 Å². The Balaban J connectivity index is 1.55. The molecule has 3 heterocycles. The molecule has 2 unspecified atom stereocenters. The number of benzene rings is 1. The Hall–Kier alpha value is -2.12. The zero-order chi connectivity index (χ0) is 16.7. The molecule has 0 aliphatic carbocycles. The van der Waals surface area contributed by atoms with Gasteiger partial charge in [0.15, 0.2) is 11.5 Å². The summed E-state index contributed by atoms with van der Waals surface area (Å²) in [5.41, 5.74) is 1.40. The van der Waals surface area contributed by atoms with Crippen molar-refractivity contribution in [3.63, 3.8) is 0 Å². The van der Waals surface area contributed by atoms with Crippen LogP contribution in [-0.2, 0) is 4.74 Å². The van der Waals surface area contributed by atoms with Gasteiger partial charge in [0.2, 0.25) is 6.79 Å². The summed E-state index contributed by atoms with van der Waals surface area (Å²) in [6.45, 7) is 5.40. The molecule has 7 heteroatoms. The maximum atomic E-state index is 12.7. The van der Waals surface area contributed by atoms with E-state index in [2.05, 4.69) is 4.98 Å². The number of rotatable bonds is 2. The van der Waals surface area contributed by atoms with Gasteiger partial charge < -0.3 is 19.1 Å². The SMILES string of the molecule is CC1CN(C(=O)c2csc(-c3ccc4c(c3)OCO4)n2)CC(C)O1. The number of nitrogens with zero attached hydrogens (tertiary/aromatic N) is 2. The first-order valence-electron chi connectivity index (χ1n) is 7.90. The van der Waals surface area contributed by atoms with Crippen molar-refractivity contribution < 1.29 is 19.0 Å². The first-order chi connectivity index (χ1) is 11.6. The predicted octanol–water partition coefficient (Wildman–Crippen LogP) is 2.79. The van der Waals surface area contributed by atoms with Gasteiger partial charge in [0.05, 0.1) is 12.2 Å². The van der Waals surface area contributed by atoms with Crippen LogP contribution in [0.1, 0.15) is 24.3 Å². The van der Waals surface area contributed by atoms with E-state index in [1.165, 1.54) is 11.3 Å². The first kappa shape index (κ1) is 15.4. The molecular weight excluding hydrogens is 328 g/mol. The second-order valence-corrected chi connectivity index (χ2v) is 6.93. The van der Waals surface area contributed by atoms with E-state index in [1.54, 1.807) is 0 Å². The summed E-state index contributed by atoms with van der Waals surface area (Å²) >= 11 is 1.46. The van der Waals surface area contributed by atoms with Gasteiger partial charge >= 0.3 is 0 Å². The molecule has 2 aliphatic rings. The van der Waals surface area contributed by atoms with Gasteiger partial charge in [0.25, 0.3) is 5.91 Å². The molecule has 0 radical (unpaired) electrons. The Kier molecular flexibility index (Phi) is 3.90. The summed E-state index contributed by atoms with van der Waals surface area (Å²) < 4.78 is 16.4. The van der Waals surface area contributed by atoms with E-state index in [-0.39, 0.29) is 24.9 Å². The van der Waals surface area contributed by atoms with Crippen LogP contribution in [0.4, 0.5) is 0 Å². The molecule has 0 spiro atoms. The summed E-state index contributed by atoms with van der Waals surface area (Å²) in [7, 11) is 0. The Morgan fingerprint density at radius 3 is 2.75 bits per heavy atom. The Morgan fingerprint density at radius 2 is 1.96 bits per heavy atom. The maximum Gasteiger partial charge on any atom is 0.273 e. The molecule has 2 aromatic rings. The number of morpholine rings is 1. The molecule has 1 saturated heterocycles. The van der Waals surface area contributed by atoms with E-state index in [0.717, 1.165) is 16.3 Å². The van der Waals surface area contributed by atoms with Gasteiger partial charge in [0.1, 0.15) is 10.7 Å². The number of fused-ring (bicyclic) bond motifs is 1. The van der Waals surface area contributed by atoms with Crippen LogP contribution < -0.4 is 9.47 Å². The summed E-state index contributed by atoms with van der Waals surface area (Å²) in [5, 5.41) is 2.61. The lowest BCUT2D eigenvalue weighted by atomic mass is 10.2. The Morgan fingerprint density at radius 1 is 1.21 bits per heavy atom. The van der Waals surface area contributed by atoms with Crippen LogP contribution in [0.25, 0.3) is 10.6 Å². The Bertz CT molecular complexity index is 766. The molecule has 0 saturated carbocycles. The summed E-state index contributed by atoms with van der Waals surface area (Å²) in [6.07, 6.45) is 0.0920. The highest BCUT2D eigenvalue weighted by Gasteiger charge is 2.28. The van der Waals surface area contributed by atoms with Crippen molar-refractivity contribution >= 4 is 17.2 Å². The highest BCUT2D eigenvalue weighted by molar-refractivity contribution is 7.13. The van der Waals surface area contributed by atoms with Crippen molar-refractivity contribution in [3.05, 3.63) is 29.3 Å². The fourth-order valence-electron chi connectivity index (χ4n) is 3.04. The predicted molar refractivity (Wildman–Crippen MR) is 89.6 cm³/mol. The molecule has 6 nitrogen and oxygen atoms in total. The minimum Gasteiger partial charge on any atom is -0.454 e. The summed E-state index contributed by atoms with van der Waals surface area (Å²) in [5.74, 6) is 1.41. The molecule has 2 aliphatic heterocycles. The Labute approximate surface area is 144 Å². The van der Waals surface area contributed by atoms with Crippen LogP contribution in [-0.4, -0.2) is 47.9 Å². The van der Waals surface area contributed by atoms with Crippen molar-refractivity contribution in [1.29, 1.82) is 0 Å². The maximum absolute atomic E-state index is 12.7. The van der Waals surface area contributed by atoms with Crippen molar-refractivity contribution in [2.24, 2.45) is 0 Å².